The summed E-state index contributed by atoms with van der Waals surface area (Å²) in [4.78, 5) is 12.0. The second-order valence-electron chi connectivity index (χ2n) is 5.04. The summed E-state index contributed by atoms with van der Waals surface area (Å²) < 4.78 is 26.0. The van der Waals surface area contributed by atoms with Gasteiger partial charge < -0.3 is 5.32 Å². The van der Waals surface area contributed by atoms with Gasteiger partial charge in [-0.3, -0.25) is 4.79 Å². The zero-order chi connectivity index (χ0) is 15.4. The fourth-order valence-electron chi connectivity index (χ4n) is 2.23. The van der Waals surface area contributed by atoms with Crippen LogP contribution in [0.5, 0.6) is 0 Å². The molecule has 0 saturated heterocycles. The van der Waals surface area contributed by atoms with Gasteiger partial charge >= 0.3 is 0 Å². The second kappa shape index (κ2) is 6.48. The molecular formula is C17H17F2NO. The zero-order valence-corrected chi connectivity index (χ0v) is 12.0. The van der Waals surface area contributed by atoms with Crippen LogP contribution < -0.4 is 5.32 Å². The molecule has 0 atom stereocenters. The van der Waals surface area contributed by atoms with Gasteiger partial charge in [0, 0.05) is 12.1 Å². The predicted molar refractivity (Wildman–Crippen MR) is 78.3 cm³/mol. The normalized spacial score (nSPS) is 10.5. The summed E-state index contributed by atoms with van der Waals surface area (Å²) in [6, 6.07) is 8.68. The van der Waals surface area contributed by atoms with E-state index in [0.717, 1.165) is 11.1 Å². The Balaban J connectivity index is 1.95. The number of aryl methyl sites for hydroxylation is 2. The maximum Gasteiger partial charge on any atom is 0.251 e. The molecule has 0 radical (unpaired) electrons. The number of carbonyl (C=O) groups is 1. The molecule has 0 aliphatic heterocycles. The van der Waals surface area contributed by atoms with Gasteiger partial charge in [0.25, 0.3) is 5.91 Å². The van der Waals surface area contributed by atoms with Gasteiger partial charge in [-0.2, -0.15) is 0 Å². The van der Waals surface area contributed by atoms with Crippen molar-refractivity contribution in [3.8, 4) is 0 Å². The van der Waals surface area contributed by atoms with Crippen molar-refractivity contribution >= 4 is 5.91 Å². The van der Waals surface area contributed by atoms with Crippen molar-refractivity contribution in [1.82, 2.24) is 5.32 Å². The first-order valence-corrected chi connectivity index (χ1v) is 6.77. The number of benzene rings is 2. The van der Waals surface area contributed by atoms with Crippen LogP contribution in [-0.2, 0) is 6.42 Å². The Hall–Kier alpha value is -2.23. The topological polar surface area (TPSA) is 29.1 Å². The van der Waals surface area contributed by atoms with Gasteiger partial charge in [0.2, 0.25) is 0 Å². The van der Waals surface area contributed by atoms with Crippen LogP contribution in [0.4, 0.5) is 8.78 Å². The summed E-state index contributed by atoms with van der Waals surface area (Å²) in [5, 5.41) is 2.79. The SMILES string of the molecule is Cc1cc(F)ccc1CCNC(=O)c1ccc(F)cc1C. The molecule has 0 bridgehead atoms. The first-order chi connectivity index (χ1) is 9.97. The lowest BCUT2D eigenvalue weighted by Crippen LogP contribution is -2.26. The first-order valence-electron chi connectivity index (χ1n) is 6.77. The standard InChI is InChI=1S/C17H17F2NO/c1-11-9-14(18)4-3-13(11)7-8-20-17(21)16-6-5-15(19)10-12(16)2/h3-6,9-10H,7-8H2,1-2H3,(H,20,21). The number of amides is 1. The van der Waals surface area contributed by atoms with E-state index in [1.807, 2.05) is 6.92 Å². The Bertz CT molecular complexity index is 668. The van der Waals surface area contributed by atoms with Crippen molar-refractivity contribution in [2.75, 3.05) is 6.54 Å². The van der Waals surface area contributed by atoms with Crippen LogP contribution in [0.1, 0.15) is 27.0 Å². The highest BCUT2D eigenvalue weighted by Crippen LogP contribution is 2.12. The molecule has 2 nitrogen and oxygen atoms in total. The lowest BCUT2D eigenvalue weighted by molar-refractivity contribution is 0.0953. The van der Waals surface area contributed by atoms with Crippen molar-refractivity contribution in [1.29, 1.82) is 0 Å². The van der Waals surface area contributed by atoms with Gasteiger partial charge in [-0.25, -0.2) is 8.78 Å². The molecule has 0 heterocycles. The minimum Gasteiger partial charge on any atom is -0.352 e. The number of carbonyl (C=O) groups excluding carboxylic acids is 1. The Kier molecular flexibility index (Phi) is 4.68. The molecule has 2 aromatic rings. The molecule has 0 spiro atoms. The lowest BCUT2D eigenvalue weighted by Gasteiger charge is -2.09. The van der Waals surface area contributed by atoms with E-state index in [4.69, 9.17) is 0 Å². The summed E-state index contributed by atoms with van der Waals surface area (Å²) in [7, 11) is 0. The largest absolute Gasteiger partial charge is 0.352 e. The van der Waals surface area contributed by atoms with E-state index in [1.165, 1.54) is 30.3 Å². The van der Waals surface area contributed by atoms with Crippen LogP contribution in [0.15, 0.2) is 36.4 Å². The molecule has 0 saturated carbocycles. The van der Waals surface area contributed by atoms with Crippen LogP contribution in [-0.4, -0.2) is 12.5 Å². The molecule has 0 aliphatic rings. The zero-order valence-electron chi connectivity index (χ0n) is 12.0. The van der Waals surface area contributed by atoms with Crippen LogP contribution >= 0.6 is 0 Å². The smallest absolute Gasteiger partial charge is 0.251 e. The molecule has 2 aromatic carbocycles. The fourth-order valence-corrected chi connectivity index (χ4v) is 2.23. The third-order valence-electron chi connectivity index (χ3n) is 3.42. The van der Waals surface area contributed by atoms with Crippen molar-refractivity contribution < 1.29 is 13.6 Å². The average molecular weight is 289 g/mol. The third kappa shape index (κ3) is 3.88. The molecule has 0 aromatic heterocycles. The number of hydrogen-bond acceptors (Lipinski definition) is 1. The van der Waals surface area contributed by atoms with Crippen molar-refractivity contribution in [2.45, 2.75) is 20.3 Å². The quantitative estimate of drug-likeness (QED) is 0.916. The molecule has 0 unspecified atom stereocenters. The van der Waals surface area contributed by atoms with E-state index in [1.54, 1.807) is 13.0 Å². The van der Waals surface area contributed by atoms with E-state index in [2.05, 4.69) is 5.32 Å². The van der Waals surface area contributed by atoms with Crippen LogP contribution in [0.25, 0.3) is 0 Å². The fraction of sp³-hybridized carbons (Fsp3) is 0.235. The molecule has 0 fully saturated rings. The minimum absolute atomic E-state index is 0.229. The molecular weight excluding hydrogens is 272 g/mol. The van der Waals surface area contributed by atoms with Crippen molar-refractivity contribution in [3.63, 3.8) is 0 Å². The Morgan fingerprint density at radius 3 is 2.24 bits per heavy atom. The maximum atomic E-state index is 13.0. The average Bonchev–Trinajstić information content (AvgIpc) is 2.41. The second-order valence-corrected chi connectivity index (χ2v) is 5.04. The van der Waals surface area contributed by atoms with Gasteiger partial charge in [0.05, 0.1) is 0 Å². The van der Waals surface area contributed by atoms with Crippen molar-refractivity contribution in [2.24, 2.45) is 0 Å². The van der Waals surface area contributed by atoms with E-state index in [0.29, 0.717) is 24.1 Å². The molecule has 4 heteroatoms. The maximum absolute atomic E-state index is 13.0. The summed E-state index contributed by atoms with van der Waals surface area (Å²) in [5.41, 5.74) is 2.92. The van der Waals surface area contributed by atoms with Gasteiger partial charge in [-0.1, -0.05) is 6.07 Å². The Morgan fingerprint density at radius 1 is 1.00 bits per heavy atom. The Labute approximate surface area is 122 Å². The monoisotopic (exact) mass is 289 g/mol. The number of nitrogens with one attached hydrogen (secondary N) is 1. The van der Waals surface area contributed by atoms with Gasteiger partial charge in [-0.15, -0.1) is 0 Å². The van der Waals surface area contributed by atoms with E-state index >= 15 is 0 Å². The van der Waals surface area contributed by atoms with Gasteiger partial charge in [-0.05, 0) is 67.3 Å². The number of hydrogen-bond donors (Lipinski definition) is 1. The summed E-state index contributed by atoms with van der Waals surface area (Å²) in [5.74, 6) is -0.847. The highest BCUT2D eigenvalue weighted by Gasteiger charge is 2.09. The molecule has 2 rings (SSSR count). The van der Waals surface area contributed by atoms with Crippen LogP contribution in [0.2, 0.25) is 0 Å². The van der Waals surface area contributed by atoms with Crippen molar-refractivity contribution in [3.05, 3.63) is 70.3 Å². The molecule has 1 amide bonds. The molecule has 110 valence electrons. The predicted octanol–water partition coefficient (Wildman–Crippen LogP) is 3.55. The van der Waals surface area contributed by atoms with Crippen LogP contribution in [0, 0.1) is 25.5 Å². The summed E-state index contributed by atoms with van der Waals surface area (Å²) in [6.45, 7) is 3.98. The van der Waals surface area contributed by atoms with E-state index in [9.17, 15) is 13.6 Å². The summed E-state index contributed by atoms with van der Waals surface area (Å²) >= 11 is 0. The first kappa shape index (κ1) is 15.2. The highest BCUT2D eigenvalue weighted by molar-refractivity contribution is 5.95. The number of rotatable bonds is 4. The minimum atomic E-state index is -0.356. The molecule has 1 N–H and O–H groups in total. The molecule has 0 aliphatic carbocycles. The van der Waals surface area contributed by atoms with Crippen LogP contribution in [0.3, 0.4) is 0 Å². The van der Waals surface area contributed by atoms with E-state index in [-0.39, 0.29) is 17.5 Å². The van der Waals surface area contributed by atoms with Gasteiger partial charge in [0.15, 0.2) is 0 Å². The van der Waals surface area contributed by atoms with E-state index < -0.39 is 0 Å². The lowest BCUT2D eigenvalue weighted by atomic mass is 10.1. The number of halogens is 2. The Morgan fingerprint density at radius 2 is 1.62 bits per heavy atom. The summed E-state index contributed by atoms with van der Waals surface area (Å²) in [6.07, 6.45) is 0.623. The molecule has 21 heavy (non-hydrogen) atoms. The van der Waals surface area contributed by atoms with Gasteiger partial charge in [0.1, 0.15) is 11.6 Å². The highest BCUT2D eigenvalue weighted by atomic mass is 19.1. The third-order valence-corrected chi connectivity index (χ3v) is 3.42.